The molecule has 1 saturated heterocycles. The molecular weight excluding hydrogens is 307 g/mol. The van der Waals surface area contributed by atoms with Crippen LogP contribution in [-0.4, -0.2) is 23.6 Å². The fourth-order valence-electron chi connectivity index (χ4n) is 1.74. The monoisotopic (exact) mass is 318 g/mol. The SMILES string of the molecule is CC1CC(C(=O)Nc2cc(Br)cnc2Cl)CO1. The van der Waals surface area contributed by atoms with Crippen molar-refractivity contribution in [1.29, 1.82) is 0 Å². The zero-order valence-electron chi connectivity index (χ0n) is 9.24. The number of anilines is 1. The first kappa shape index (κ1) is 12.8. The highest BCUT2D eigenvalue weighted by Crippen LogP contribution is 2.25. The number of rotatable bonds is 2. The van der Waals surface area contributed by atoms with Crippen molar-refractivity contribution in [3.63, 3.8) is 0 Å². The fraction of sp³-hybridized carbons (Fsp3) is 0.455. The Bertz CT molecular complexity index is 441. The Morgan fingerprint density at radius 1 is 1.71 bits per heavy atom. The number of aromatic nitrogens is 1. The lowest BCUT2D eigenvalue weighted by molar-refractivity contribution is -0.119. The summed E-state index contributed by atoms with van der Waals surface area (Å²) in [4.78, 5) is 15.9. The number of hydrogen-bond donors (Lipinski definition) is 1. The molecule has 0 spiro atoms. The van der Waals surface area contributed by atoms with Gasteiger partial charge in [-0.25, -0.2) is 4.98 Å². The molecular formula is C11H12BrClN2O2. The number of halogens is 2. The van der Waals surface area contributed by atoms with E-state index in [-0.39, 0.29) is 23.1 Å². The van der Waals surface area contributed by atoms with Gasteiger partial charge in [-0.05, 0) is 35.3 Å². The van der Waals surface area contributed by atoms with E-state index in [0.29, 0.717) is 12.3 Å². The Balaban J connectivity index is 2.05. The second-order valence-corrected chi connectivity index (χ2v) is 5.33. The molecule has 1 amide bonds. The lowest BCUT2D eigenvalue weighted by Gasteiger charge is -2.10. The summed E-state index contributed by atoms with van der Waals surface area (Å²) in [5.41, 5.74) is 0.519. The fourth-order valence-corrected chi connectivity index (χ4v) is 2.23. The molecule has 4 nitrogen and oxygen atoms in total. The summed E-state index contributed by atoms with van der Waals surface area (Å²) in [6, 6.07) is 1.73. The molecule has 6 heteroatoms. The van der Waals surface area contributed by atoms with Crippen molar-refractivity contribution >= 4 is 39.1 Å². The molecule has 1 aromatic heterocycles. The molecule has 1 aliphatic rings. The number of carbonyl (C=O) groups is 1. The molecule has 1 aliphatic heterocycles. The molecule has 2 unspecified atom stereocenters. The summed E-state index contributed by atoms with van der Waals surface area (Å²) < 4.78 is 6.13. The van der Waals surface area contributed by atoms with Crippen LogP contribution >= 0.6 is 27.5 Å². The minimum Gasteiger partial charge on any atom is -0.378 e. The highest BCUT2D eigenvalue weighted by Gasteiger charge is 2.28. The molecule has 1 aromatic rings. The molecule has 0 aliphatic carbocycles. The highest BCUT2D eigenvalue weighted by atomic mass is 79.9. The Hall–Kier alpha value is -0.650. The van der Waals surface area contributed by atoms with E-state index in [0.717, 1.165) is 10.9 Å². The zero-order chi connectivity index (χ0) is 12.4. The van der Waals surface area contributed by atoms with Gasteiger partial charge in [0, 0.05) is 10.7 Å². The van der Waals surface area contributed by atoms with Crippen LogP contribution in [0, 0.1) is 5.92 Å². The topological polar surface area (TPSA) is 51.2 Å². The second kappa shape index (κ2) is 5.33. The number of hydrogen-bond acceptors (Lipinski definition) is 3. The third-order valence-electron chi connectivity index (χ3n) is 2.63. The van der Waals surface area contributed by atoms with E-state index in [1.165, 1.54) is 0 Å². The number of amides is 1. The minimum atomic E-state index is -0.111. The highest BCUT2D eigenvalue weighted by molar-refractivity contribution is 9.10. The van der Waals surface area contributed by atoms with Crippen molar-refractivity contribution in [2.75, 3.05) is 11.9 Å². The van der Waals surface area contributed by atoms with Gasteiger partial charge in [-0.15, -0.1) is 0 Å². The molecule has 0 bridgehead atoms. The number of nitrogens with zero attached hydrogens (tertiary/aromatic N) is 1. The summed E-state index contributed by atoms with van der Waals surface area (Å²) in [5, 5.41) is 3.06. The van der Waals surface area contributed by atoms with Crippen LogP contribution in [0.1, 0.15) is 13.3 Å². The van der Waals surface area contributed by atoms with E-state index < -0.39 is 0 Å². The Morgan fingerprint density at radius 3 is 3.12 bits per heavy atom. The quantitative estimate of drug-likeness (QED) is 0.853. The summed E-state index contributed by atoms with van der Waals surface area (Å²) in [6.07, 6.45) is 2.46. The zero-order valence-corrected chi connectivity index (χ0v) is 11.6. The van der Waals surface area contributed by atoms with Crippen LogP contribution in [0.2, 0.25) is 5.15 Å². The first-order valence-electron chi connectivity index (χ1n) is 5.30. The Labute approximate surface area is 113 Å². The van der Waals surface area contributed by atoms with Crippen LogP contribution in [0.4, 0.5) is 5.69 Å². The summed E-state index contributed by atoms with van der Waals surface area (Å²) in [6.45, 7) is 2.42. The van der Waals surface area contributed by atoms with Gasteiger partial charge in [0.05, 0.1) is 24.3 Å². The maximum atomic E-state index is 11.9. The van der Waals surface area contributed by atoms with E-state index in [4.69, 9.17) is 16.3 Å². The lowest BCUT2D eigenvalue weighted by atomic mass is 10.1. The van der Waals surface area contributed by atoms with Crippen LogP contribution in [-0.2, 0) is 9.53 Å². The van der Waals surface area contributed by atoms with Gasteiger partial charge < -0.3 is 10.1 Å². The molecule has 17 heavy (non-hydrogen) atoms. The Kier molecular flexibility index (Phi) is 4.01. The van der Waals surface area contributed by atoms with E-state index in [9.17, 15) is 4.79 Å². The standard InChI is InChI=1S/C11H12BrClN2O2/c1-6-2-7(5-17-6)11(16)15-9-3-8(12)4-14-10(9)13/h3-4,6-7H,2,5H2,1H3,(H,15,16). The van der Waals surface area contributed by atoms with Crippen molar-refractivity contribution in [1.82, 2.24) is 4.98 Å². The number of pyridine rings is 1. The predicted octanol–water partition coefficient (Wildman–Crippen LogP) is 2.86. The number of nitrogens with one attached hydrogen (secondary N) is 1. The minimum absolute atomic E-state index is 0.0730. The summed E-state index contributed by atoms with van der Waals surface area (Å²) in [7, 11) is 0. The average Bonchev–Trinajstić information content (AvgIpc) is 2.70. The van der Waals surface area contributed by atoms with Crippen LogP contribution in [0.25, 0.3) is 0 Å². The van der Waals surface area contributed by atoms with Gasteiger partial charge in [-0.1, -0.05) is 11.6 Å². The Morgan fingerprint density at radius 2 is 2.47 bits per heavy atom. The molecule has 0 saturated carbocycles. The van der Waals surface area contributed by atoms with E-state index >= 15 is 0 Å². The first-order valence-corrected chi connectivity index (χ1v) is 6.47. The van der Waals surface area contributed by atoms with Gasteiger partial charge in [-0.3, -0.25) is 4.79 Å². The van der Waals surface area contributed by atoms with Gasteiger partial charge in [0.2, 0.25) is 5.91 Å². The summed E-state index contributed by atoms with van der Waals surface area (Å²) in [5.74, 6) is -0.184. The molecule has 92 valence electrons. The van der Waals surface area contributed by atoms with Crippen LogP contribution in [0.15, 0.2) is 16.7 Å². The molecule has 0 radical (unpaired) electrons. The van der Waals surface area contributed by atoms with Crippen LogP contribution in [0.3, 0.4) is 0 Å². The maximum Gasteiger partial charge on any atom is 0.229 e. The predicted molar refractivity (Wildman–Crippen MR) is 69.1 cm³/mol. The van der Waals surface area contributed by atoms with Crippen LogP contribution in [0.5, 0.6) is 0 Å². The van der Waals surface area contributed by atoms with Crippen molar-refractivity contribution < 1.29 is 9.53 Å². The first-order chi connectivity index (χ1) is 8.06. The largest absolute Gasteiger partial charge is 0.378 e. The van der Waals surface area contributed by atoms with Crippen molar-refractivity contribution in [3.8, 4) is 0 Å². The van der Waals surface area contributed by atoms with Crippen LogP contribution < -0.4 is 5.32 Å². The van der Waals surface area contributed by atoms with E-state index in [2.05, 4.69) is 26.2 Å². The van der Waals surface area contributed by atoms with Gasteiger partial charge in [-0.2, -0.15) is 0 Å². The van der Waals surface area contributed by atoms with Crippen molar-refractivity contribution in [2.24, 2.45) is 5.92 Å². The van der Waals surface area contributed by atoms with Gasteiger partial charge in [0.1, 0.15) is 0 Å². The third kappa shape index (κ3) is 3.18. The molecule has 2 heterocycles. The smallest absolute Gasteiger partial charge is 0.229 e. The second-order valence-electron chi connectivity index (χ2n) is 4.06. The molecule has 1 fully saturated rings. The van der Waals surface area contributed by atoms with Crippen molar-refractivity contribution in [2.45, 2.75) is 19.4 Å². The number of ether oxygens (including phenoxy) is 1. The van der Waals surface area contributed by atoms with E-state index in [1.807, 2.05) is 6.92 Å². The average molecular weight is 320 g/mol. The summed E-state index contributed by atoms with van der Waals surface area (Å²) >= 11 is 9.18. The third-order valence-corrected chi connectivity index (χ3v) is 3.37. The number of carbonyl (C=O) groups excluding carboxylic acids is 1. The van der Waals surface area contributed by atoms with Gasteiger partial charge >= 0.3 is 0 Å². The maximum absolute atomic E-state index is 11.9. The molecule has 2 atom stereocenters. The van der Waals surface area contributed by atoms with Gasteiger partial charge in [0.25, 0.3) is 0 Å². The normalized spacial score (nSPS) is 23.7. The molecule has 2 rings (SSSR count). The van der Waals surface area contributed by atoms with Gasteiger partial charge in [0.15, 0.2) is 5.15 Å². The molecule has 1 N–H and O–H groups in total. The lowest BCUT2D eigenvalue weighted by Crippen LogP contribution is -2.23. The van der Waals surface area contributed by atoms with E-state index in [1.54, 1.807) is 12.3 Å². The molecule has 0 aromatic carbocycles. The van der Waals surface area contributed by atoms with Crippen molar-refractivity contribution in [3.05, 3.63) is 21.9 Å².